The van der Waals surface area contributed by atoms with E-state index in [1.165, 1.54) is 22.7 Å². The lowest BCUT2D eigenvalue weighted by molar-refractivity contribution is 1.74. The van der Waals surface area contributed by atoms with Crippen LogP contribution in [0.5, 0.6) is 0 Å². The molecule has 0 unspecified atom stereocenters. The predicted octanol–water partition coefficient (Wildman–Crippen LogP) is 9.44. The zero-order valence-corrected chi connectivity index (χ0v) is 21.7. The summed E-state index contributed by atoms with van der Waals surface area (Å²) >= 11 is 27.1. The fourth-order valence-corrected chi connectivity index (χ4v) is 6.99. The fraction of sp³-hybridized carbons (Fsp3) is 0. The Labute approximate surface area is 221 Å². The molecule has 2 aromatic heterocycles. The van der Waals surface area contributed by atoms with Gasteiger partial charge >= 0.3 is 0 Å². The number of benzene rings is 4. The van der Waals surface area contributed by atoms with E-state index in [0.717, 1.165) is 18.8 Å². The van der Waals surface area contributed by atoms with Crippen LogP contribution in [-0.2, 0) is 0 Å². The van der Waals surface area contributed by atoms with Crippen LogP contribution in [0.4, 0.5) is 0 Å². The molecule has 2 heterocycles. The Balaban J connectivity index is 0.000000142. The van der Waals surface area contributed by atoms with Crippen molar-refractivity contribution in [3.05, 3.63) is 113 Å². The molecule has 0 N–H and O–H groups in total. The summed E-state index contributed by atoms with van der Waals surface area (Å²) in [7, 11) is 0. The van der Waals surface area contributed by atoms with Crippen LogP contribution in [0, 0.1) is 0 Å². The number of hydrogen-bond donors (Lipinski definition) is 0. The fourth-order valence-electron chi connectivity index (χ4n) is 3.66. The molecule has 0 bridgehead atoms. The van der Waals surface area contributed by atoms with Crippen molar-refractivity contribution in [2.24, 2.45) is 0 Å². The highest BCUT2D eigenvalue weighted by atomic mass is 35.5. The first-order chi connectivity index (χ1) is 16.3. The summed E-state index contributed by atoms with van der Waals surface area (Å²) in [5, 5.41) is 4.63. The topological polar surface area (TPSA) is 34.1 Å². The second-order valence-corrected chi connectivity index (χ2v) is 11.2. The smallest absolute Gasteiger partial charge is 0.195 e. The standard InChI is InChI=1S/2C13H6Cl2OS/c2*14-7-5-9-12(16)8-3-1-2-4-11(8)17-13(9)10(15)6-7/h2*1-6H. The minimum absolute atomic E-state index is 0.0150. The average molecular weight is 562 g/mol. The maximum absolute atomic E-state index is 12.3. The maximum Gasteiger partial charge on any atom is 0.195 e. The highest BCUT2D eigenvalue weighted by Crippen LogP contribution is 2.33. The van der Waals surface area contributed by atoms with Crippen LogP contribution in [0.3, 0.4) is 0 Å². The Bertz CT molecular complexity index is 1720. The first-order valence-corrected chi connectivity index (χ1v) is 13.1. The van der Waals surface area contributed by atoms with E-state index in [4.69, 9.17) is 46.4 Å². The van der Waals surface area contributed by atoms with Gasteiger partial charge in [-0.3, -0.25) is 9.59 Å². The van der Waals surface area contributed by atoms with Gasteiger partial charge in [-0.1, -0.05) is 70.7 Å². The second-order valence-electron chi connectivity index (χ2n) is 7.38. The third kappa shape index (κ3) is 4.31. The van der Waals surface area contributed by atoms with Crippen LogP contribution >= 0.6 is 69.1 Å². The summed E-state index contributed by atoms with van der Waals surface area (Å²) in [5.41, 5.74) is -0.0301. The van der Waals surface area contributed by atoms with Gasteiger partial charge in [-0.05, 0) is 48.5 Å². The van der Waals surface area contributed by atoms with Gasteiger partial charge in [0.05, 0.1) is 19.4 Å². The monoisotopic (exact) mass is 560 g/mol. The van der Waals surface area contributed by atoms with Gasteiger partial charge < -0.3 is 0 Å². The molecule has 0 radical (unpaired) electrons. The summed E-state index contributed by atoms with van der Waals surface area (Å²) in [6.07, 6.45) is 0. The van der Waals surface area contributed by atoms with Crippen molar-refractivity contribution < 1.29 is 0 Å². The molecule has 4 aromatic carbocycles. The van der Waals surface area contributed by atoms with E-state index in [2.05, 4.69) is 0 Å². The molecule has 168 valence electrons. The quantitative estimate of drug-likeness (QED) is 0.173. The van der Waals surface area contributed by atoms with E-state index in [0.29, 0.717) is 41.6 Å². The van der Waals surface area contributed by atoms with Crippen LogP contribution in [0.25, 0.3) is 40.3 Å². The van der Waals surface area contributed by atoms with E-state index in [1.54, 1.807) is 24.3 Å². The van der Waals surface area contributed by atoms with Crippen LogP contribution < -0.4 is 10.9 Å². The number of fused-ring (bicyclic) bond motifs is 4. The van der Waals surface area contributed by atoms with Crippen molar-refractivity contribution in [2.45, 2.75) is 0 Å². The summed E-state index contributed by atoms with van der Waals surface area (Å²) in [4.78, 5) is 24.6. The van der Waals surface area contributed by atoms with Gasteiger partial charge in [-0.25, -0.2) is 0 Å². The zero-order valence-electron chi connectivity index (χ0n) is 17.1. The van der Waals surface area contributed by atoms with Crippen LogP contribution in [-0.4, -0.2) is 0 Å². The second kappa shape index (κ2) is 9.46. The molecule has 0 aliphatic heterocycles. The molecule has 34 heavy (non-hydrogen) atoms. The molecule has 8 heteroatoms. The Morgan fingerprint density at radius 3 is 1.29 bits per heavy atom. The Kier molecular flexibility index (Phi) is 6.56. The molecule has 0 fully saturated rings. The van der Waals surface area contributed by atoms with Gasteiger partial charge in [0.2, 0.25) is 0 Å². The zero-order chi connectivity index (χ0) is 24.0. The van der Waals surface area contributed by atoms with Crippen LogP contribution in [0.2, 0.25) is 20.1 Å². The molecule has 0 aliphatic rings. The number of hydrogen-bond acceptors (Lipinski definition) is 4. The van der Waals surface area contributed by atoms with E-state index < -0.39 is 0 Å². The van der Waals surface area contributed by atoms with Gasteiger partial charge in [-0.2, -0.15) is 0 Å². The molecule has 6 rings (SSSR count). The van der Waals surface area contributed by atoms with E-state index >= 15 is 0 Å². The van der Waals surface area contributed by atoms with Crippen molar-refractivity contribution in [3.63, 3.8) is 0 Å². The molecule has 0 saturated heterocycles. The van der Waals surface area contributed by atoms with E-state index in [1.807, 2.05) is 48.5 Å². The Morgan fingerprint density at radius 1 is 0.500 bits per heavy atom. The molecule has 0 spiro atoms. The summed E-state index contributed by atoms with van der Waals surface area (Å²) < 4.78 is 3.46. The Morgan fingerprint density at radius 2 is 0.882 bits per heavy atom. The molecular weight excluding hydrogens is 550 g/mol. The molecule has 0 atom stereocenters. The summed E-state index contributed by atoms with van der Waals surface area (Å²) in [6, 6.07) is 21.7. The minimum Gasteiger partial charge on any atom is -0.289 e. The number of rotatable bonds is 0. The van der Waals surface area contributed by atoms with Crippen molar-refractivity contribution >= 4 is 109 Å². The molecule has 0 saturated carbocycles. The normalized spacial score (nSPS) is 11.2. The van der Waals surface area contributed by atoms with Crippen molar-refractivity contribution in [3.8, 4) is 0 Å². The molecule has 2 nitrogen and oxygen atoms in total. The highest BCUT2D eigenvalue weighted by Gasteiger charge is 2.10. The van der Waals surface area contributed by atoms with Gasteiger partial charge in [-0.15, -0.1) is 22.7 Å². The third-order valence-electron chi connectivity index (χ3n) is 5.19. The third-order valence-corrected chi connectivity index (χ3v) is 8.89. The SMILES string of the molecule is O=c1c2ccccc2sc2c(Cl)cc(Cl)cc12.O=c1c2ccccc2sc2c(Cl)cc(Cl)cc12. The first kappa shape index (κ1) is 23.6. The van der Waals surface area contributed by atoms with Crippen molar-refractivity contribution in [1.29, 1.82) is 0 Å². The summed E-state index contributed by atoms with van der Waals surface area (Å²) in [6.45, 7) is 0. The largest absolute Gasteiger partial charge is 0.289 e. The lowest BCUT2D eigenvalue weighted by Crippen LogP contribution is -2.00. The highest BCUT2D eigenvalue weighted by molar-refractivity contribution is 7.25. The minimum atomic E-state index is -0.0150. The van der Waals surface area contributed by atoms with Crippen molar-refractivity contribution in [1.82, 2.24) is 0 Å². The molecule has 6 aromatic rings. The molecular formula is C26H12Cl4O2S2. The molecule has 0 amide bonds. The summed E-state index contributed by atoms with van der Waals surface area (Å²) in [5.74, 6) is 0. The average Bonchev–Trinajstić information content (AvgIpc) is 2.82. The van der Waals surface area contributed by atoms with Gasteiger partial charge in [0.25, 0.3) is 0 Å². The van der Waals surface area contributed by atoms with Crippen molar-refractivity contribution in [2.75, 3.05) is 0 Å². The van der Waals surface area contributed by atoms with Crippen LogP contribution in [0.15, 0.2) is 82.4 Å². The van der Waals surface area contributed by atoms with Crippen LogP contribution in [0.1, 0.15) is 0 Å². The lowest BCUT2D eigenvalue weighted by atomic mass is 10.2. The van der Waals surface area contributed by atoms with E-state index in [9.17, 15) is 9.59 Å². The van der Waals surface area contributed by atoms with Gasteiger partial charge in [0.1, 0.15) is 0 Å². The maximum atomic E-state index is 12.3. The van der Waals surface area contributed by atoms with Gasteiger partial charge in [0, 0.05) is 41.0 Å². The Hall–Kier alpha value is -2.18. The lowest BCUT2D eigenvalue weighted by Gasteiger charge is -2.03. The van der Waals surface area contributed by atoms with E-state index in [-0.39, 0.29) is 10.9 Å². The first-order valence-electron chi connectivity index (χ1n) is 9.94. The predicted molar refractivity (Wildman–Crippen MR) is 151 cm³/mol. The number of halogens is 4. The van der Waals surface area contributed by atoms with Gasteiger partial charge in [0.15, 0.2) is 10.9 Å². The molecule has 0 aliphatic carbocycles.